The summed E-state index contributed by atoms with van der Waals surface area (Å²) in [5.41, 5.74) is 2.05. The lowest BCUT2D eigenvalue weighted by Gasteiger charge is -1.87. The van der Waals surface area contributed by atoms with Crippen molar-refractivity contribution in [1.82, 2.24) is 0 Å². The molecule has 54 valence electrons. The van der Waals surface area contributed by atoms with Gasteiger partial charge < -0.3 is 0 Å². The minimum absolute atomic E-state index is 1.01. The SMILES string of the molecule is C=C(C)/C=C\C(=C)/C=C/C. The summed E-state index contributed by atoms with van der Waals surface area (Å²) in [6.07, 6.45) is 7.81. The largest absolute Gasteiger partial charge is 0.0961 e. The van der Waals surface area contributed by atoms with Gasteiger partial charge in [-0.2, -0.15) is 0 Å². The molecule has 0 unspecified atom stereocenters. The van der Waals surface area contributed by atoms with Crippen LogP contribution in [0.1, 0.15) is 13.8 Å². The number of hydrogen-bond acceptors (Lipinski definition) is 0. The molecule has 0 nitrogen and oxygen atoms in total. The maximum atomic E-state index is 3.80. The van der Waals surface area contributed by atoms with Crippen molar-refractivity contribution >= 4 is 0 Å². The van der Waals surface area contributed by atoms with Crippen LogP contribution in [0.5, 0.6) is 0 Å². The molecule has 10 heavy (non-hydrogen) atoms. The van der Waals surface area contributed by atoms with E-state index in [9.17, 15) is 0 Å². The number of allylic oxidation sites excluding steroid dienone is 6. The van der Waals surface area contributed by atoms with Crippen molar-refractivity contribution in [2.75, 3.05) is 0 Å². The van der Waals surface area contributed by atoms with Crippen molar-refractivity contribution < 1.29 is 0 Å². The molecule has 0 saturated heterocycles. The third-order valence-electron chi connectivity index (χ3n) is 0.963. The van der Waals surface area contributed by atoms with Crippen LogP contribution in [0.25, 0.3) is 0 Å². The molecule has 0 heteroatoms. The maximum Gasteiger partial charge on any atom is -0.0332 e. The summed E-state index contributed by atoms with van der Waals surface area (Å²) in [6.45, 7) is 11.5. The summed E-state index contributed by atoms with van der Waals surface area (Å²) in [5.74, 6) is 0. The highest BCUT2D eigenvalue weighted by molar-refractivity contribution is 5.30. The highest BCUT2D eigenvalue weighted by Crippen LogP contribution is 1.98. The molecule has 0 aromatic heterocycles. The van der Waals surface area contributed by atoms with Crippen molar-refractivity contribution in [3.63, 3.8) is 0 Å². The molecule has 0 aliphatic heterocycles. The molecule has 0 spiro atoms. The lowest BCUT2D eigenvalue weighted by molar-refractivity contribution is 1.54. The predicted octanol–water partition coefficient (Wildman–Crippen LogP) is 3.25. The highest BCUT2D eigenvalue weighted by Gasteiger charge is 1.77. The first-order valence-corrected chi connectivity index (χ1v) is 3.32. The van der Waals surface area contributed by atoms with Crippen LogP contribution in [0.2, 0.25) is 0 Å². The van der Waals surface area contributed by atoms with Gasteiger partial charge in [0, 0.05) is 0 Å². The van der Waals surface area contributed by atoms with Crippen LogP contribution in [0.3, 0.4) is 0 Å². The monoisotopic (exact) mass is 134 g/mol. The molecule has 0 fully saturated rings. The topological polar surface area (TPSA) is 0 Å². The Morgan fingerprint density at radius 2 is 1.70 bits per heavy atom. The Morgan fingerprint density at radius 3 is 2.10 bits per heavy atom. The third-order valence-corrected chi connectivity index (χ3v) is 0.963. The van der Waals surface area contributed by atoms with Gasteiger partial charge in [-0.05, 0) is 19.4 Å². The van der Waals surface area contributed by atoms with E-state index in [1.165, 1.54) is 0 Å². The van der Waals surface area contributed by atoms with Gasteiger partial charge >= 0.3 is 0 Å². The van der Waals surface area contributed by atoms with Gasteiger partial charge in [0.05, 0.1) is 0 Å². The Hall–Kier alpha value is -1.04. The Kier molecular flexibility index (Phi) is 4.30. The van der Waals surface area contributed by atoms with Crippen LogP contribution in [-0.2, 0) is 0 Å². The zero-order chi connectivity index (χ0) is 7.98. The van der Waals surface area contributed by atoms with Gasteiger partial charge in [0.15, 0.2) is 0 Å². The van der Waals surface area contributed by atoms with E-state index in [0.717, 1.165) is 11.1 Å². The Bertz CT molecular complexity index is 180. The van der Waals surface area contributed by atoms with Crippen LogP contribution in [0, 0.1) is 0 Å². The van der Waals surface area contributed by atoms with Gasteiger partial charge in [-0.1, -0.05) is 43.0 Å². The lowest BCUT2D eigenvalue weighted by atomic mass is 10.2. The first-order chi connectivity index (χ1) is 4.66. The summed E-state index contributed by atoms with van der Waals surface area (Å²) < 4.78 is 0. The predicted molar refractivity (Wildman–Crippen MR) is 47.9 cm³/mol. The van der Waals surface area contributed by atoms with Crippen LogP contribution in [0.4, 0.5) is 0 Å². The van der Waals surface area contributed by atoms with E-state index in [4.69, 9.17) is 0 Å². The van der Waals surface area contributed by atoms with E-state index in [1.54, 1.807) is 0 Å². The van der Waals surface area contributed by atoms with Crippen molar-refractivity contribution in [1.29, 1.82) is 0 Å². The number of rotatable bonds is 3. The Balaban J connectivity index is 3.90. The molecule has 0 atom stereocenters. The van der Waals surface area contributed by atoms with E-state index in [0.29, 0.717) is 0 Å². The fourth-order valence-electron chi connectivity index (χ4n) is 0.519. The normalized spacial score (nSPS) is 11.0. The average Bonchev–Trinajstić information content (AvgIpc) is 1.85. The molecule has 0 aliphatic carbocycles. The van der Waals surface area contributed by atoms with E-state index < -0.39 is 0 Å². The fourth-order valence-corrected chi connectivity index (χ4v) is 0.519. The molecular weight excluding hydrogens is 120 g/mol. The molecule has 0 saturated carbocycles. The fraction of sp³-hybridized carbons (Fsp3) is 0.200. The Labute approximate surface area is 63.3 Å². The molecule has 0 N–H and O–H groups in total. The summed E-state index contributed by atoms with van der Waals surface area (Å²) in [5, 5.41) is 0. The van der Waals surface area contributed by atoms with E-state index >= 15 is 0 Å². The van der Waals surface area contributed by atoms with Gasteiger partial charge in [0.2, 0.25) is 0 Å². The highest BCUT2D eigenvalue weighted by atomic mass is 13.8. The molecule has 0 amide bonds. The molecule has 0 heterocycles. The molecule has 0 aromatic rings. The van der Waals surface area contributed by atoms with Crippen molar-refractivity contribution in [2.24, 2.45) is 0 Å². The molecule has 0 aliphatic rings. The summed E-state index contributed by atoms with van der Waals surface area (Å²) >= 11 is 0. The van der Waals surface area contributed by atoms with Crippen LogP contribution in [0.15, 0.2) is 48.6 Å². The van der Waals surface area contributed by atoms with Gasteiger partial charge in [-0.25, -0.2) is 0 Å². The van der Waals surface area contributed by atoms with E-state index in [1.807, 2.05) is 38.2 Å². The van der Waals surface area contributed by atoms with Gasteiger partial charge in [-0.15, -0.1) is 0 Å². The molecule has 0 bridgehead atoms. The second-order valence-electron chi connectivity index (χ2n) is 2.25. The lowest BCUT2D eigenvalue weighted by Crippen LogP contribution is -1.66. The quantitative estimate of drug-likeness (QED) is 0.520. The van der Waals surface area contributed by atoms with E-state index in [2.05, 4.69) is 13.2 Å². The van der Waals surface area contributed by atoms with Crippen molar-refractivity contribution in [3.8, 4) is 0 Å². The van der Waals surface area contributed by atoms with Gasteiger partial charge in [-0.3, -0.25) is 0 Å². The summed E-state index contributed by atoms with van der Waals surface area (Å²) in [4.78, 5) is 0. The smallest absolute Gasteiger partial charge is 0.0332 e. The van der Waals surface area contributed by atoms with Crippen LogP contribution in [-0.4, -0.2) is 0 Å². The zero-order valence-electron chi connectivity index (χ0n) is 6.72. The molecule has 0 aromatic carbocycles. The van der Waals surface area contributed by atoms with Gasteiger partial charge in [0.1, 0.15) is 0 Å². The maximum absolute atomic E-state index is 3.80. The third kappa shape index (κ3) is 5.10. The van der Waals surface area contributed by atoms with E-state index in [-0.39, 0.29) is 0 Å². The first kappa shape index (κ1) is 8.96. The average molecular weight is 134 g/mol. The Morgan fingerprint density at radius 1 is 1.10 bits per heavy atom. The standard InChI is InChI=1S/C10H14/c1-5-6-10(4)8-7-9(2)3/h5-8H,2,4H2,1,3H3/b6-5+,8-7-. The van der Waals surface area contributed by atoms with Crippen LogP contribution < -0.4 is 0 Å². The summed E-state index contributed by atoms with van der Waals surface area (Å²) in [6, 6.07) is 0. The van der Waals surface area contributed by atoms with Gasteiger partial charge in [0.25, 0.3) is 0 Å². The minimum Gasteiger partial charge on any atom is -0.0961 e. The minimum atomic E-state index is 1.01. The molecular formula is C10H14. The van der Waals surface area contributed by atoms with Crippen molar-refractivity contribution in [2.45, 2.75) is 13.8 Å². The summed E-state index contributed by atoms with van der Waals surface area (Å²) in [7, 11) is 0. The molecule has 0 radical (unpaired) electrons. The van der Waals surface area contributed by atoms with Crippen LogP contribution >= 0.6 is 0 Å². The first-order valence-electron chi connectivity index (χ1n) is 3.32. The second-order valence-corrected chi connectivity index (χ2v) is 2.25. The van der Waals surface area contributed by atoms with Crippen molar-refractivity contribution in [3.05, 3.63) is 48.6 Å². The molecule has 0 rings (SSSR count). The number of hydrogen-bond donors (Lipinski definition) is 0. The second kappa shape index (κ2) is 4.80. The zero-order valence-corrected chi connectivity index (χ0v) is 6.72.